The Morgan fingerprint density at radius 1 is 1.00 bits per heavy atom. The van der Waals surface area contributed by atoms with E-state index in [9.17, 15) is 9.90 Å². The SMILES string of the molecule is CC(NC(=O)c1ccc(N2CCc3ccccc3C2)cc1)c1cccc(O)c1. The van der Waals surface area contributed by atoms with Crippen LogP contribution in [0.15, 0.2) is 72.8 Å². The van der Waals surface area contributed by atoms with E-state index in [0.717, 1.165) is 30.8 Å². The number of carbonyl (C=O) groups is 1. The lowest BCUT2D eigenvalue weighted by atomic mass is 9.99. The van der Waals surface area contributed by atoms with Gasteiger partial charge in [-0.15, -0.1) is 0 Å². The smallest absolute Gasteiger partial charge is 0.251 e. The molecule has 1 atom stereocenters. The minimum atomic E-state index is -0.183. The van der Waals surface area contributed by atoms with Gasteiger partial charge in [-0.3, -0.25) is 4.79 Å². The molecule has 1 aliphatic heterocycles. The van der Waals surface area contributed by atoms with Gasteiger partial charge in [0, 0.05) is 24.3 Å². The first-order valence-corrected chi connectivity index (χ1v) is 9.62. The summed E-state index contributed by atoms with van der Waals surface area (Å²) in [5.74, 6) is 0.0810. The molecule has 0 aliphatic carbocycles. The zero-order valence-corrected chi connectivity index (χ0v) is 15.9. The number of nitrogens with one attached hydrogen (secondary N) is 1. The second kappa shape index (κ2) is 7.77. The molecule has 0 bridgehead atoms. The van der Waals surface area contributed by atoms with Gasteiger partial charge in [0.2, 0.25) is 0 Å². The Labute approximate surface area is 165 Å². The quantitative estimate of drug-likeness (QED) is 0.712. The van der Waals surface area contributed by atoms with E-state index in [-0.39, 0.29) is 17.7 Å². The van der Waals surface area contributed by atoms with Crippen LogP contribution in [0.2, 0.25) is 0 Å². The molecule has 1 unspecified atom stereocenters. The fraction of sp³-hybridized carbons (Fsp3) is 0.208. The number of fused-ring (bicyclic) bond motifs is 1. The molecule has 0 fully saturated rings. The minimum Gasteiger partial charge on any atom is -0.508 e. The van der Waals surface area contributed by atoms with Crippen molar-refractivity contribution in [1.29, 1.82) is 0 Å². The Kier molecular flexibility index (Phi) is 5.02. The van der Waals surface area contributed by atoms with E-state index in [2.05, 4.69) is 34.5 Å². The Bertz CT molecular complexity index is 982. The number of hydrogen-bond acceptors (Lipinski definition) is 3. The monoisotopic (exact) mass is 372 g/mol. The third-order valence-electron chi connectivity index (χ3n) is 5.34. The highest BCUT2D eigenvalue weighted by molar-refractivity contribution is 5.94. The molecular formula is C24H24N2O2. The van der Waals surface area contributed by atoms with E-state index in [0.29, 0.717) is 5.56 Å². The number of benzene rings is 3. The number of nitrogens with zero attached hydrogens (tertiary/aromatic N) is 1. The maximum Gasteiger partial charge on any atom is 0.251 e. The molecule has 1 aliphatic rings. The first-order chi connectivity index (χ1) is 13.6. The van der Waals surface area contributed by atoms with Gasteiger partial charge in [-0.05, 0) is 66.4 Å². The first kappa shape index (κ1) is 18.1. The van der Waals surface area contributed by atoms with E-state index in [1.807, 2.05) is 37.3 Å². The van der Waals surface area contributed by atoms with Crippen LogP contribution in [0.3, 0.4) is 0 Å². The van der Waals surface area contributed by atoms with Crippen LogP contribution >= 0.6 is 0 Å². The van der Waals surface area contributed by atoms with Crippen LogP contribution in [-0.4, -0.2) is 17.6 Å². The number of phenolic OH excluding ortho intramolecular Hbond substituents is 1. The molecule has 0 saturated carbocycles. The molecule has 1 heterocycles. The number of hydrogen-bond donors (Lipinski definition) is 2. The normalized spacial score (nSPS) is 14.2. The van der Waals surface area contributed by atoms with Crippen LogP contribution in [0.1, 0.15) is 40.0 Å². The summed E-state index contributed by atoms with van der Waals surface area (Å²) in [4.78, 5) is 14.9. The van der Waals surface area contributed by atoms with Crippen molar-refractivity contribution in [2.45, 2.75) is 25.9 Å². The van der Waals surface area contributed by atoms with Crippen molar-refractivity contribution in [3.8, 4) is 5.75 Å². The highest BCUT2D eigenvalue weighted by Crippen LogP contribution is 2.25. The number of amides is 1. The molecule has 3 aromatic rings. The van der Waals surface area contributed by atoms with Crippen molar-refractivity contribution < 1.29 is 9.90 Å². The third-order valence-corrected chi connectivity index (χ3v) is 5.34. The molecule has 0 spiro atoms. The van der Waals surface area contributed by atoms with Crippen LogP contribution < -0.4 is 10.2 Å². The topological polar surface area (TPSA) is 52.6 Å². The summed E-state index contributed by atoms with van der Waals surface area (Å²) in [6.45, 7) is 3.79. The fourth-order valence-corrected chi connectivity index (χ4v) is 3.70. The zero-order valence-electron chi connectivity index (χ0n) is 15.9. The molecule has 1 amide bonds. The Hall–Kier alpha value is -3.27. The molecular weight excluding hydrogens is 348 g/mol. The second-order valence-electron chi connectivity index (χ2n) is 7.28. The van der Waals surface area contributed by atoms with Crippen molar-refractivity contribution in [1.82, 2.24) is 5.32 Å². The molecule has 0 saturated heterocycles. The molecule has 4 nitrogen and oxygen atoms in total. The lowest BCUT2D eigenvalue weighted by molar-refractivity contribution is 0.0940. The van der Waals surface area contributed by atoms with E-state index in [4.69, 9.17) is 0 Å². The fourth-order valence-electron chi connectivity index (χ4n) is 3.70. The third kappa shape index (κ3) is 3.86. The predicted octanol–water partition coefficient (Wildman–Crippen LogP) is 4.45. The lowest BCUT2D eigenvalue weighted by Crippen LogP contribution is -2.30. The van der Waals surface area contributed by atoms with Gasteiger partial charge in [0.25, 0.3) is 5.91 Å². The summed E-state index contributed by atoms with van der Waals surface area (Å²) in [7, 11) is 0. The van der Waals surface area contributed by atoms with Crippen LogP contribution in [0.25, 0.3) is 0 Å². The molecule has 3 aromatic carbocycles. The lowest BCUT2D eigenvalue weighted by Gasteiger charge is -2.30. The largest absolute Gasteiger partial charge is 0.508 e. The van der Waals surface area contributed by atoms with E-state index in [1.54, 1.807) is 18.2 Å². The molecule has 0 aromatic heterocycles. The van der Waals surface area contributed by atoms with Gasteiger partial charge in [0.1, 0.15) is 5.75 Å². The summed E-state index contributed by atoms with van der Waals surface area (Å²) >= 11 is 0. The van der Waals surface area contributed by atoms with E-state index < -0.39 is 0 Å². The maximum atomic E-state index is 12.6. The maximum absolute atomic E-state index is 12.6. The van der Waals surface area contributed by atoms with Gasteiger partial charge in [-0.2, -0.15) is 0 Å². The van der Waals surface area contributed by atoms with E-state index in [1.165, 1.54) is 11.1 Å². The molecule has 0 radical (unpaired) electrons. The Morgan fingerprint density at radius 3 is 2.50 bits per heavy atom. The summed E-state index contributed by atoms with van der Waals surface area (Å²) < 4.78 is 0. The summed E-state index contributed by atoms with van der Waals surface area (Å²) in [5, 5.41) is 12.6. The van der Waals surface area contributed by atoms with Crippen LogP contribution in [-0.2, 0) is 13.0 Å². The average Bonchev–Trinajstić information content (AvgIpc) is 2.73. The van der Waals surface area contributed by atoms with E-state index >= 15 is 0 Å². The van der Waals surface area contributed by atoms with Gasteiger partial charge in [0.15, 0.2) is 0 Å². The van der Waals surface area contributed by atoms with Crippen molar-refractivity contribution in [3.05, 3.63) is 95.1 Å². The highest BCUT2D eigenvalue weighted by atomic mass is 16.3. The standard InChI is InChI=1S/C24H24N2O2/c1-17(20-7-4-8-23(27)15-20)25-24(28)19-9-11-22(12-10-19)26-14-13-18-5-2-3-6-21(18)16-26/h2-12,15,17,27H,13-14,16H2,1H3,(H,25,28). The summed E-state index contributed by atoms with van der Waals surface area (Å²) in [6, 6.07) is 23.1. The number of phenols is 1. The van der Waals surface area contributed by atoms with Crippen molar-refractivity contribution in [2.75, 3.05) is 11.4 Å². The average molecular weight is 372 g/mol. The van der Waals surface area contributed by atoms with Crippen LogP contribution in [0.4, 0.5) is 5.69 Å². The molecule has 28 heavy (non-hydrogen) atoms. The second-order valence-corrected chi connectivity index (χ2v) is 7.28. The van der Waals surface area contributed by atoms with Gasteiger partial charge < -0.3 is 15.3 Å². The zero-order chi connectivity index (χ0) is 19.5. The molecule has 2 N–H and O–H groups in total. The Morgan fingerprint density at radius 2 is 1.75 bits per heavy atom. The number of rotatable bonds is 4. The number of aromatic hydroxyl groups is 1. The Balaban J connectivity index is 1.42. The summed E-state index contributed by atoms with van der Waals surface area (Å²) in [5.41, 5.74) is 5.43. The van der Waals surface area contributed by atoms with Gasteiger partial charge in [-0.25, -0.2) is 0 Å². The van der Waals surface area contributed by atoms with Gasteiger partial charge in [0.05, 0.1) is 6.04 Å². The van der Waals surface area contributed by atoms with Crippen molar-refractivity contribution >= 4 is 11.6 Å². The first-order valence-electron chi connectivity index (χ1n) is 9.62. The molecule has 142 valence electrons. The van der Waals surface area contributed by atoms with Gasteiger partial charge >= 0.3 is 0 Å². The number of anilines is 1. The van der Waals surface area contributed by atoms with Gasteiger partial charge in [-0.1, -0.05) is 36.4 Å². The predicted molar refractivity (Wildman–Crippen MR) is 112 cm³/mol. The molecule has 4 heteroatoms. The van der Waals surface area contributed by atoms with Crippen LogP contribution in [0, 0.1) is 0 Å². The molecule has 4 rings (SSSR count). The summed E-state index contributed by atoms with van der Waals surface area (Å²) in [6.07, 6.45) is 1.04. The minimum absolute atomic E-state index is 0.119. The van der Waals surface area contributed by atoms with Crippen molar-refractivity contribution in [2.24, 2.45) is 0 Å². The van der Waals surface area contributed by atoms with Crippen molar-refractivity contribution in [3.63, 3.8) is 0 Å². The highest BCUT2D eigenvalue weighted by Gasteiger charge is 2.17. The number of carbonyl (C=O) groups excluding carboxylic acids is 1. The van der Waals surface area contributed by atoms with Crippen LogP contribution in [0.5, 0.6) is 5.75 Å².